The molecule has 1 unspecified atom stereocenters. The second kappa shape index (κ2) is 5.74. The van der Waals surface area contributed by atoms with Gasteiger partial charge in [0.15, 0.2) is 0 Å². The molecule has 0 bridgehead atoms. The van der Waals surface area contributed by atoms with Crippen LogP contribution in [0.15, 0.2) is 30.3 Å². The number of rotatable bonds is 3. The summed E-state index contributed by atoms with van der Waals surface area (Å²) in [5.74, 6) is -0.405. The molecule has 1 aliphatic carbocycles. The van der Waals surface area contributed by atoms with Gasteiger partial charge in [-0.15, -0.1) is 11.3 Å². The van der Waals surface area contributed by atoms with E-state index < -0.39 is 0 Å². The number of esters is 1. The fourth-order valence-electron chi connectivity index (χ4n) is 2.60. The van der Waals surface area contributed by atoms with Crippen molar-refractivity contribution < 1.29 is 9.53 Å². The third kappa shape index (κ3) is 2.32. The Labute approximate surface area is 132 Å². The van der Waals surface area contributed by atoms with Crippen LogP contribution in [-0.2, 0) is 4.74 Å². The summed E-state index contributed by atoms with van der Waals surface area (Å²) in [4.78, 5) is 17.0. The first kappa shape index (κ1) is 14.5. The van der Waals surface area contributed by atoms with Gasteiger partial charge in [-0.05, 0) is 25.0 Å². The summed E-state index contributed by atoms with van der Waals surface area (Å²) in [6.45, 7) is 3.93. The molecule has 1 aliphatic rings. The largest absolute Gasteiger partial charge is 0.462 e. The van der Waals surface area contributed by atoms with Crippen LogP contribution in [0, 0.1) is 18.3 Å². The van der Waals surface area contributed by atoms with E-state index in [1.165, 1.54) is 11.3 Å². The lowest BCUT2D eigenvalue weighted by molar-refractivity contribution is 0.0531. The molecule has 22 heavy (non-hydrogen) atoms. The highest BCUT2D eigenvalue weighted by Crippen LogP contribution is 2.41. The fraction of sp³-hybridized carbons (Fsp3) is 0.235. The number of hydrogen-bond acceptors (Lipinski definition) is 5. The topological polar surface area (TPSA) is 63.0 Å². The molecule has 1 heterocycles. The molecular formula is C17H14N2O2S. The Balaban J connectivity index is 2.03. The van der Waals surface area contributed by atoms with Gasteiger partial charge in [-0.3, -0.25) is 0 Å². The van der Waals surface area contributed by atoms with Crippen LogP contribution < -0.4 is 0 Å². The monoisotopic (exact) mass is 310 g/mol. The van der Waals surface area contributed by atoms with Gasteiger partial charge in [0.05, 0.1) is 29.9 Å². The van der Waals surface area contributed by atoms with E-state index in [0.29, 0.717) is 22.8 Å². The number of carbonyl (C=O) groups is 1. The minimum absolute atomic E-state index is 0.0715. The molecule has 4 nitrogen and oxygen atoms in total. The predicted molar refractivity (Wildman–Crippen MR) is 84.7 cm³/mol. The molecule has 1 atom stereocenters. The van der Waals surface area contributed by atoms with E-state index in [1.54, 1.807) is 6.92 Å². The van der Waals surface area contributed by atoms with Crippen molar-refractivity contribution in [3.05, 3.63) is 57.0 Å². The maximum absolute atomic E-state index is 11.9. The highest BCUT2D eigenvalue weighted by atomic mass is 32.1. The number of aromatic nitrogens is 1. The average Bonchev–Trinajstić information content (AvgIpc) is 3.08. The highest BCUT2D eigenvalue weighted by molar-refractivity contribution is 7.13. The Morgan fingerprint density at radius 3 is 2.95 bits per heavy atom. The summed E-state index contributed by atoms with van der Waals surface area (Å²) in [5.41, 5.74) is 3.34. The maximum Gasteiger partial charge on any atom is 0.350 e. The van der Waals surface area contributed by atoms with Gasteiger partial charge in [-0.1, -0.05) is 30.3 Å². The third-order valence-electron chi connectivity index (χ3n) is 3.58. The number of fused-ring (bicyclic) bond motifs is 1. The average molecular weight is 310 g/mol. The van der Waals surface area contributed by atoms with Crippen LogP contribution in [-0.4, -0.2) is 17.6 Å². The Morgan fingerprint density at radius 1 is 1.45 bits per heavy atom. The van der Waals surface area contributed by atoms with Crippen molar-refractivity contribution in [3.8, 4) is 6.07 Å². The molecule has 0 spiro atoms. The molecule has 3 rings (SSSR count). The molecule has 1 aromatic carbocycles. The molecule has 0 radical (unpaired) electrons. The minimum Gasteiger partial charge on any atom is -0.462 e. The first-order chi connectivity index (χ1) is 10.7. The second-order valence-corrected chi connectivity index (χ2v) is 5.97. The van der Waals surface area contributed by atoms with Crippen molar-refractivity contribution in [2.75, 3.05) is 6.61 Å². The molecule has 1 aromatic heterocycles. The van der Waals surface area contributed by atoms with Crippen molar-refractivity contribution in [3.63, 3.8) is 0 Å². The molecular weight excluding hydrogens is 296 g/mol. The summed E-state index contributed by atoms with van der Waals surface area (Å²) in [6.07, 6.45) is 1.91. The molecule has 0 amide bonds. The number of thiazole rings is 1. The van der Waals surface area contributed by atoms with Gasteiger partial charge in [0, 0.05) is 0 Å². The molecule has 110 valence electrons. The zero-order valence-corrected chi connectivity index (χ0v) is 13.1. The smallest absolute Gasteiger partial charge is 0.350 e. The van der Waals surface area contributed by atoms with Gasteiger partial charge >= 0.3 is 5.97 Å². The Bertz CT molecular complexity index is 814. The van der Waals surface area contributed by atoms with Crippen LogP contribution in [0.1, 0.15) is 44.3 Å². The van der Waals surface area contributed by atoms with Crippen molar-refractivity contribution in [2.45, 2.75) is 19.8 Å². The lowest BCUT2D eigenvalue weighted by Crippen LogP contribution is -2.03. The Kier molecular flexibility index (Phi) is 3.78. The summed E-state index contributed by atoms with van der Waals surface area (Å²) in [5, 5.41) is 10.1. The second-order valence-electron chi connectivity index (χ2n) is 4.94. The van der Waals surface area contributed by atoms with E-state index >= 15 is 0 Å². The quantitative estimate of drug-likeness (QED) is 0.811. The number of hydrogen-bond donors (Lipinski definition) is 0. The van der Waals surface area contributed by atoms with Crippen LogP contribution in [0.4, 0.5) is 0 Å². The molecule has 5 heteroatoms. The number of nitriles is 1. The van der Waals surface area contributed by atoms with Crippen molar-refractivity contribution in [1.29, 1.82) is 5.26 Å². The van der Waals surface area contributed by atoms with E-state index in [0.717, 1.165) is 16.1 Å². The zero-order chi connectivity index (χ0) is 15.7. The summed E-state index contributed by atoms with van der Waals surface area (Å²) in [6, 6.07) is 10.0. The first-order valence-electron chi connectivity index (χ1n) is 7.01. The van der Waals surface area contributed by atoms with Crippen LogP contribution in [0.2, 0.25) is 0 Å². The van der Waals surface area contributed by atoms with Crippen LogP contribution in [0.3, 0.4) is 0 Å². The number of benzene rings is 1. The summed E-state index contributed by atoms with van der Waals surface area (Å²) >= 11 is 1.34. The van der Waals surface area contributed by atoms with E-state index in [9.17, 15) is 10.1 Å². The summed E-state index contributed by atoms with van der Waals surface area (Å²) in [7, 11) is 0. The van der Waals surface area contributed by atoms with Gasteiger partial charge in [0.1, 0.15) is 9.88 Å². The zero-order valence-electron chi connectivity index (χ0n) is 12.3. The van der Waals surface area contributed by atoms with Gasteiger partial charge in [0.25, 0.3) is 0 Å². The lowest BCUT2D eigenvalue weighted by Gasteiger charge is -2.06. The highest BCUT2D eigenvalue weighted by Gasteiger charge is 2.28. The lowest BCUT2D eigenvalue weighted by atomic mass is 10.0. The van der Waals surface area contributed by atoms with Gasteiger partial charge in [-0.2, -0.15) is 5.26 Å². The number of ether oxygens (including phenoxy) is 1. The molecule has 0 aliphatic heterocycles. The predicted octanol–water partition coefficient (Wildman–Crippen LogP) is 3.68. The van der Waals surface area contributed by atoms with Crippen LogP contribution >= 0.6 is 11.3 Å². The number of aryl methyl sites for hydroxylation is 1. The minimum atomic E-state index is -0.334. The van der Waals surface area contributed by atoms with Crippen LogP contribution in [0.5, 0.6) is 0 Å². The number of carbonyl (C=O) groups excluding carboxylic acids is 1. The summed E-state index contributed by atoms with van der Waals surface area (Å²) < 4.78 is 5.06. The molecule has 0 saturated heterocycles. The SMILES string of the molecule is CCOC(=O)c1sc(C2C=C(C#N)c3ccccc32)nc1C. The Morgan fingerprint density at radius 2 is 2.23 bits per heavy atom. The molecule has 0 fully saturated rings. The maximum atomic E-state index is 11.9. The van der Waals surface area contributed by atoms with Crippen LogP contribution in [0.25, 0.3) is 5.57 Å². The van der Waals surface area contributed by atoms with E-state index in [2.05, 4.69) is 11.1 Å². The number of allylic oxidation sites excluding steroid dienone is 2. The standard InChI is InChI=1S/C17H14N2O2S/c1-3-21-17(20)15-10(2)19-16(22-15)14-8-11(9-18)12-6-4-5-7-13(12)14/h4-8,14H,3H2,1-2H3. The molecule has 2 aromatic rings. The van der Waals surface area contributed by atoms with Gasteiger partial charge in [0.2, 0.25) is 0 Å². The van der Waals surface area contributed by atoms with E-state index in [1.807, 2.05) is 37.3 Å². The van der Waals surface area contributed by atoms with Gasteiger partial charge < -0.3 is 4.74 Å². The first-order valence-corrected chi connectivity index (χ1v) is 7.83. The van der Waals surface area contributed by atoms with Crippen molar-refractivity contribution >= 4 is 22.9 Å². The van der Waals surface area contributed by atoms with Gasteiger partial charge in [-0.25, -0.2) is 9.78 Å². The Hall–Kier alpha value is -2.45. The molecule has 0 N–H and O–H groups in total. The molecule has 0 saturated carbocycles. The normalized spacial score (nSPS) is 15.9. The van der Waals surface area contributed by atoms with E-state index in [4.69, 9.17) is 4.74 Å². The van der Waals surface area contributed by atoms with Crippen molar-refractivity contribution in [2.24, 2.45) is 0 Å². The third-order valence-corrected chi connectivity index (χ3v) is 4.80. The fourth-order valence-corrected chi connectivity index (χ4v) is 3.65. The number of nitrogens with zero attached hydrogens (tertiary/aromatic N) is 2. The van der Waals surface area contributed by atoms with Crippen molar-refractivity contribution in [1.82, 2.24) is 4.98 Å². The van der Waals surface area contributed by atoms with E-state index in [-0.39, 0.29) is 11.9 Å².